The second-order valence-corrected chi connectivity index (χ2v) is 4.87. The Hall–Kier alpha value is -2.83. The first kappa shape index (κ1) is 16.5. The first-order valence-corrected chi connectivity index (χ1v) is 7.01. The molecular formula is C16H18N2O5. The van der Waals surface area contributed by atoms with Gasteiger partial charge < -0.3 is 19.3 Å². The molecule has 2 aromatic rings. The molecule has 0 bridgehead atoms. The van der Waals surface area contributed by atoms with Crippen LogP contribution in [0.2, 0.25) is 0 Å². The average Bonchev–Trinajstić information content (AvgIpc) is 2.89. The Balaban J connectivity index is 1.80. The molecule has 0 aliphatic rings. The van der Waals surface area contributed by atoms with Crippen molar-refractivity contribution in [3.63, 3.8) is 0 Å². The zero-order valence-corrected chi connectivity index (χ0v) is 13.2. The molecule has 0 radical (unpaired) electrons. The number of nitrogens with zero attached hydrogens (tertiary/aromatic N) is 1. The molecule has 0 aliphatic heterocycles. The van der Waals surface area contributed by atoms with E-state index >= 15 is 0 Å². The highest BCUT2D eigenvalue weighted by atomic mass is 16.5. The largest absolute Gasteiger partial charge is 0.497 e. The lowest BCUT2D eigenvalue weighted by Crippen LogP contribution is -2.30. The smallest absolute Gasteiger partial charge is 0.325 e. The van der Waals surface area contributed by atoms with Crippen LogP contribution in [0.4, 0.5) is 0 Å². The molecule has 2 rings (SSSR count). The summed E-state index contributed by atoms with van der Waals surface area (Å²) >= 11 is 0. The first-order valence-electron chi connectivity index (χ1n) is 7.01. The van der Waals surface area contributed by atoms with E-state index in [0.29, 0.717) is 22.8 Å². The average molecular weight is 318 g/mol. The van der Waals surface area contributed by atoms with Crippen molar-refractivity contribution in [1.29, 1.82) is 0 Å². The topological polar surface area (TPSA) is 90.7 Å². The lowest BCUT2D eigenvalue weighted by atomic mass is 10.2. The van der Waals surface area contributed by atoms with Gasteiger partial charge in [0.05, 0.1) is 18.4 Å². The van der Waals surface area contributed by atoms with E-state index in [9.17, 15) is 9.59 Å². The number of methoxy groups -OCH3 is 1. The van der Waals surface area contributed by atoms with Gasteiger partial charge >= 0.3 is 5.97 Å². The molecule has 7 nitrogen and oxygen atoms in total. The maximum absolute atomic E-state index is 11.9. The third-order valence-corrected chi connectivity index (χ3v) is 3.30. The van der Waals surface area contributed by atoms with Crippen molar-refractivity contribution >= 4 is 11.9 Å². The fraction of sp³-hybridized carbons (Fsp3) is 0.312. The van der Waals surface area contributed by atoms with Crippen LogP contribution in [0.3, 0.4) is 0 Å². The van der Waals surface area contributed by atoms with Gasteiger partial charge in [0.15, 0.2) is 0 Å². The zero-order chi connectivity index (χ0) is 16.8. The number of rotatable bonds is 6. The number of hydrogen-bond acceptors (Lipinski definition) is 6. The monoisotopic (exact) mass is 318 g/mol. The molecule has 0 unspecified atom stereocenters. The van der Waals surface area contributed by atoms with Crippen molar-refractivity contribution < 1.29 is 23.6 Å². The van der Waals surface area contributed by atoms with Crippen molar-refractivity contribution in [2.45, 2.75) is 20.5 Å². The molecule has 1 N–H and O–H groups in total. The minimum Gasteiger partial charge on any atom is -0.497 e. The van der Waals surface area contributed by atoms with Crippen LogP contribution in [0.15, 0.2) is 28.8 Å². The Morgan fingerprint density at radius 2 is 1.91 bits per heavy atom. The number of aryl methyl sites for hydroxylation is 2. The quantitative estimate of drug-likeness (QED) is 0.816. The number of carbonyl (C=O) groups is 2. The summed E-state index contributed by atoms with van der Waals surface area (Å²) in [7, 11) is 1.55. The van der Waals surface area contributed by atoms with Crippen LogP contribution in [0.1, 0.15) is 27.4 Å². The predicted molar refractivity (Wildman–Crippen MR) is 81.1 cm³/mol. The van der Waals surface area contributed by atoms with Gasteiger partial charge in [-0.15, -0.1) is 0 Å². The van der Waals surface area contributed by atoms with E-state index < -0.39 is 5.97 Å². The zero-order valence-electron chi connectivity index (χ0n) is 13.2. The third kappa shape index (κ3) is 4.32. The van der Waals surface area contributed by atoms with Crippen LogP contribution in [0.5, 0.6) is 5.75 Å². The second-order valence-electron chi connectivity index (χ2n) is 4.87. The SMILES string of the molecule is COc1ccc(C(=O)NCC(=O)OCc2c(C)noc2C)cc1. The number of amides is 1. The van der Waals surface area contributed by atoms with E-state index in [-0.39, 0.29) is 19.1 Å². The van der Waals surface area contributed by atoms with E-state index in [1.165, 1.54) is 0 Å². The maximum atomic E-state index is 11.9. The van der Waals surface area contributed by atoms with Gasteiger partial charge in [0.25, 0.3) is 5.91 Å². The van der Waals surface area contributed by atoms with Crippen LogP contribution in [0, 0.1) is 13.8 Å². The Bertz CT molecular complexity index is 671. The molecule has 122 valence electrons. The molecule has 23 heavy (non-hydrogen) atoms. The number of aromatic nitrogens is 1. The molecule has 0 spiro atoms. The third-order valence-electron chi connectivity index (χ3n) is 3.30. The van der Waals surface area contributed by atoms with E-state index in [1.807, 2.05) is 0 Å². The highest BCUT2D eigenvalue weighted by molar-refractivity contribution is 5.96. The van der Waals surface area contributed by atoms with Crippen LogP contribution in [-0.2, 0) is 16.1 Å². The molecule has 1 amide bonds. The Morgan fingerprint density at radius 3 is 2.48 bits per heavy atom. The Morgan fingerprint density at radius 1 is 1.22 bits per heavy atom. The molecule has 7 heteroatoms. The van der Waals surface area contributed by atoms with Gasteiger partial charge in [-0.1, -0.05) is 5.16 Å². The minimum atomic E-state index is -0.535. The van der Waals surface area contributed by atoms with Gasteiger partial charge in [-0.05, 0) is 38.1 Å². The minimum absolute atomic E-state index is 0.0679. The number of esters is 1. The van der Waals surface area contributed by atoms with Gasteiger partial charge in [0.2, 0.25) is 0 Å². The van der Waals surface area contributed by atoms with Gasteiger partial charge in [-0.2, -0.15) is 0 Å². The summed E-state index contributed by atoms with van der Waals surface area (Å²) in [5, 5.41) is 6.28. The molecule has 1 aromatic carbocycles. The number of ether oxygens (including phenoxy) is 2. The highest BCUT2D eigenvalue weighted by Crippen LogP contribution is 2.13. The Kier molecular flexibility index (Phi) is 5.35. The first-order chi connectivity index (χ1) is 11.0. The number of nitrogens with one attached hydrogen (secondary N) is 1. The summed E-state index contributed by atoms with van der Waals surface area (Å²) in [5.74, 6) is 0.367. The van der Waals surface area contributed by atoms with E-state index in [0.717, 1.165) is 5.56 Å². The predicted octanol–water partition coefficient (Wildman–Crippen LogP) is 1.77. The van der Waals surface area contributed by atoms with E-state index in [4.69, 9.17) is 14.0 Å². The normalized spacial score (nSPS) is 10.2. The van der Waals surface area contributed by atoms with Gasteiger partial charge in [0.1, 0.15) is 24.7 Å². The molecule has 0 aliphatic carbocycles. The molecule has 1 aromatic heterocycles. The summed E-state index contributed by atoms with van der Waals surface area (Å²) in [6.45, 7) is 3.37. The van der Waals surface area contributed by atoms with E-state index in [2.05, 4.69) is 10.5 Å². The van der Waals surface area contributed by atoms with Crippen LogP contribution >= 0.6 is 0 Å². The van der Waals surface area contributed by atoms with Crippen molar-refractivity contribution in [2.75, 3.05) is 13.7 Å². The molecule has 0 saturated carbocycles. The summed E-state index contributed by atoms with van der Waals surface area (Å²) in [6, 6.07) is 6.57. The standard InChI is InChI=1S/C16H18N2O5/c1-10-14(11(2)23-18-10)9-22-15(19)8-17-16(20)12-4-6-13(21-3)7-5-12/h4-7H,8-9H2,1-3H3,(H,17,20). The highest BCUT2D eigenvalue weighted by Gasteiger charge is 2.13. The number of hydrogen-bond donors (Lipinski definition) is 1. The van der Waals surface area contributed by atoms with Crippen LogP contribution in [0.25, 0.3) is 0 Å². The van der Waals surface area contributed by atoms with Crippen molar-refractivity contribution in [1.82, 2.24) is 10.5 Å². The maximum Gasteiger partial charge on any atom is 0.325 e. The molecule has 0 saturated heterocycles. The summed E-state index contributed by atoms with van der Waals surface area (Å²) < 4.78 is 15.1. The van der Waals surface area contributed by atoms with Gasteiger partial charge in [-0.25, -0.2) is 0 Å². The van der Waals surface area contributed by atoms with Crippen molar-refractivity contribution in [2.24, 2.45) is 0 Å². The van der Waals surface area contributed by atoms with Crippen molar-refractivity contribution in [3.8, 4) is 5.75 Å². The molecule has 1 heterocycles. The number of carbonyl (C=O) groups excluding carboxylic acids is 2. The van der Waals surface area contributed by atoms with Gasteiger partial charge in [-0.3, -0.25) is 9.59 Å². The lowest BCUT2D eigenvalue weighted by molar-refractivity contribution is -0.143. The summed E-state index contributed by atoms with van der Waals surface area (Å²) in [6.07, 6.45) is 0. The molecular weight excluding hydrogens is 300 g/mol. The van der Waals surface area contributed by atoms with E-state index in [1.54, 1.807) is 45.2 Å². The molecule has 0 fully saturated rings. The summed E-state index contributed by atoms with van der Waals surface area (Å²) in [5.41, 5.74) is 1.85. The van der Waals surface area contributed by atoms with Crippen molar-refractivity contribution in [3.05, 3.63) is 46.8 Å². The second kappa shape index (κ2) is 7.44. The van der Waals surface area contributed by atoms with Crippen LogP contribution in [-0.4, -0.2) is 30.7 Å². The fourth-order valence-corrected chi connectivity index (χ4v) is 1.91. The number of benzene rings is 1. The lowest BCUT2D eigenvalue weighted by Gasteiger charge is -2.07. The fourth-order valence-electron chi connectivity index (χ4n) is 1.91. The van der Waals surface area contributed by atoms with Gasteiger partial charge in [0, 0.05) is 5.56 Å². The molecule has 0 atom stereocenters. The Labute approximate surface area is 133 Å². The van der Waals surface area contributed by atoms with Crippen LogP contribution < -0.4 is 10.1 Å². The summed E-state index contributed by atoms with van der Waals surface area (Å²) in [4.78, 5) is 23.6.